The summed E-state index contributed by atoms with van der Waals surface area (Å²) < 4.78 is 40.5. The Balaban J connectivity index is 1.89. The SMILES string of the molecule is Cc1cn(Cc2ccccc2Cl)c(=O)c(NC(=O)N[C@@H](CC(=O)O)c2cccc(C(F)(F)F)c2)c1O. The van der Waals surface area contributed by atoms with Crippen LogP contribution in [0.1, 0.15) is 34.7 Å². The highest BCUT2D eigenvalue weighted by Gasteiger charge is 2.31. The molecule has 1 heterocycles. The van der Waals surface area contributed by atoms with Gasteiger partial charge < -0.3 is 25.4 Å². The van der Waals surface area contributed by atoms with E-state index in [1.165, 1.54) is 23.8 Å². The first-order valence-electron chi connectivity index (χ1n) is 10.5. The Morgan fingerprint density at radius 2 is 1.83 bits per heavy atom. The quantitative estimate of drug-likeness (QED) is 0.350. The third-order valence-electron chi connectivity index (χ3n) is 5.27. The topological polar surface area (TPSA) is 121 Å². The van der Waals surface area contributed by atoms with Gasteiger partial charge in [0.1, 0.15) is 5.75 Å². The van der Waals surface area contributed by atoms with Gasteiger partial charge in [-0.05, 0) is 36.2 Å². The Morgan fingerprint density at radius 3 is 2.47 bits per heavy atom. The molecule has 0 bridgehead atoms. The highest BCUT2D eigenvalue weighted by atomic mass is 35.5. The lowest BCUT2D eigenvalue weighted by Crippen LogP contribution is -2.36. The summed E-state index contributed by atoms with van der Waals surface area (Å²) in [6, 6.07) is 8.19. The molecule has 4 N–H and O–H groups in total. The number of amides is 2. The van der Waals surface area contributed by atoms with Crippen LogP contribution in [-0.4, -0.2) is 26.8 Å². The fourth-order valence-corrected chi connectivity index (χ4v) is 3.70. The van der Waals surface area contributed by atoms with E-state index >= 15 is 0 Å². The van der Waals surface area contributed by atoms with Crippen LogP contribution in [0.2, 0.25) is 5.02 Å². The summed E-state index contributed by atoms with van der Waals surface area (Å²) in [6.07, 6.45) is -4.03. The lowest BCUT2D eigenvalue weighted by molar-refractivity contribution is -0.138. The van der Waals surface area contributed by atoms with Gasteiger partial charge in [-0.3, -0.25) is 9.59 Å². The van der Waals surface area contributed by atoms with Crippen molar-refractivity contribution in [2.45, 2.75) is 32.1 Å². The zero-order valence-electron chi connectivity index (χ0n) is 18.8. The molecule has 0 aliphatic heterocycles. The summed E-state index contributed by atoms with van der Waals surface area (Å²) in [7, 11) is 0. The van der Waals surface area contributed by atoms with Crippen LogP contribution in [0.5, 0.6) is 5.75 Å². The van der Waals surface area contributed by atoms with Crippen LogP contribution in [-0.2, 0) is 17.5 Å². The number of rotatable bonds is 7. The molecular formula is C24H21ClF3N3O5. The van der Waals surface area contributed by atoms with Gasteiger partial charge in [-0.2, -0.15) is 13.2 Å². The number of aromatic nitrogens is 1. The molecule has 190 valence electrons. The molecule has 36 heavy (non-hydrogen) atoms. The molecule has 1 aromatic heterocycles. The van der Waals surface area contributed by atoms with Gasteiger partial charge in [0.2, 0.25) is 0 Å². The molecule has 0 aliphatic rings. The Hall–Kier alpha value is -3.99. The van der Waals surface area contributed by atoms with E-state index in [1.807, 2.05) is 0 Å². The summed E-state index contributed by atoms with van der Waals surface area (Å²) >= 11 is 6.16. The van der Waals surface area contributed by atoms with Crippen molar-refractivity contribution in [2.24, 2.45) is 0 Å². The van der Waals surface area contributed by atoms with E-state index in [4.69, 9.17) is 11.6 Å². The molecule has 2 aromatic carbocycles. The van der Waals surface area contributed by atoms with E-state index in [2.05, 4.69) is 10.6 Å². The van der Waals surface area contributed by atoms with Crippen molar-refractivity contribution in [1.82, 2.24) is 9.88 Å². The van der Waals surface area contributed by atoms with Crippen molar-refractivity contribution in [1.29, 1.82) is 0 Å². The summed E-state index contributed by atoms with van der Waals surface area (Å²) in [5.41, 5.74) is -1.53. The zero-order valence-corrected chi connectivity index (χ0v) is 19.5. The third kappa shape index (κ3) is 6.36. The number of carbonyl (C=O) groups is 2. The fraction of sp³-hybridized carbons (Fsp3) is 0.208. The molecule has 0 saturated heterocycles. The number of aromatic hydroxyl groups is 1. The van der Waals surface area contributed by atoms with Gasteiger partial charge >= 0.3 is 18.2 Å². The first-order chi connectivity index (χ1) is 16.9. The molecule has 0 fully saturated rings. The fourth-order valence-electron chi connectivity index (χ4n) is 3.50. The number of alkyl halides is 3. The van der Waals surface area contributed by atoms with E-state index in [0.717, 1.165) is 18.2 Å². The van der Waals surface area contributed by atoms with Gasteiger partial charge in [-0.15, -0.1) is 0 Å². The summed E-state index contributed by atoms with van der Waals surface area (Å²) in [5, 5.41) is 24.5. The van der Waals surface area contributed by atoms with Gasteiger partial charge in [0, 0.05) is 16.8 Å². The molecule has 0 radical (unpaired) electrons. The van der Waals surface area contributed by atoms with E-state index in [-0.39, 0.29) is 17.7 Å². The number of hydrogen-bond acceptors (Lipinski definition) is 4. The van der Waals surface area contributed by atoms with E-state index in [1.54, 1.807) is 24.3 Å². The van der Waals surface area contributed by atoms with Crippen LogP contribution in [0.4, 0.5) is 23.7 Å². The number of carboxylic acid groups (broad SMARTS) is 1. The molecule has 0 unspecified atom stereocenters. The Labute approximate surface area is 208 Å². The molecule has 0 aliphatic carbocycles. The molecule has 1 atom stereocenters. The first-order valence-corrected chi connectivity index (χ1v) is 10.9. The molecule has 2 amide bonds. The number of carbonyl (C=O) groups excluding carboxylic acids is 1. The number of nitrogens with one attached hydrogen (secondary N) is 2. The van der Waals surface area contributed by atoms with Gasteiger partial charge in [-0.1, -0.05) is 41.9 Å². The van der Waals surface area contributed by atoms with Crippen molar-refractivity contribution >= 4 is 29.3 Å². The highest BCUT2D eigenvalue weighted by Crippen LogP contribution is 2.31. The van der Waals surface area contributed by atoms with Gasteiger partial charge in [0.15, 0.2) is 5.69 Å². The van der Waals surface area contributed by atoms with Gasteiger partial charge in [0.25, 0.3) is 5.56 Å². The number of benzene rings is 2. The highest BCUT2D eigenvalue weighted by molar-refractivity contribution is 6.31. The molecule has 3 aromatic rings. The Kier molecular flexibility index (Phi) is 7.93. The number of aryl methyl sites for hydroxylation is 1. The number of pyridine rings is 1. The summed E-state index contributed by atoms with van der Waals surface area (Å²) in [4.78, 5) is 37.0. The average molecular weight is 524 g/mol. The smallest absolute Gasteiger partial charge is 0.416 e. The number of urea groups is 1. The Morgan fingerprint density at radius 1 is 1.14 bits per heavy atom. The minimum atomic E-state index is -4.67. The van der Waals surface area contributed by atoms with Crippen molar-refractivity contribution in [3.8, 4) is 5.75 Å². The molecule has 0 spiro atoms. The van der Waals surface area contributed by atoms with Crippen molar-refractivity contribution in [3.63, 3.8) is 0 Å². The molecule has 8 nitrogen and oxygen atoms in total. The predicted molar refractivity (Wildman–Crippen MR) is 126 cm³/mol. The normalized spacial score (nSPS) is 12.1. The lowest BCUT2D eigenvalue weighted by atomic mass is 10.0. The number of carboxylic acids is 1. The van der Waals surface area contributed by atoms with Crippen LogP contribution in [0.15, 0.2) is 59.5 Å². The van der Waals surface area contributed by atoms with Gasteiger partial charge in [-0.25, -0.2) is 4.79 Å². The van der Waals surface area contributed by atoms with E-state index in [0.29, 0.717) is 10.6 Å². The number of anilines is 1. The second-order valence-corrected chi connectivity index (χ2v) is 8.34. The summed E-state index contributed by atoms with van der Waals surface area (Å²) in [5.74, 6) is -1.89. The van der Waals surface area contributed by atoms with Crippen LogP contribution in [0.3, 0.4) is 0 Å². The molecule has 3 rings (SSSR count). The van der Waals surface area contributed by atoms with Crippen molar-refractivity contribution in [2.75, 3.05) is 5.32 Å². The minimum absolute atomic E-state index is 0.0296. The third-order valence-corrected chi connectivity index (χ3v) is 5.64. The average Bonchev–Trinajstić information content (AvgIpc) is 2.80. The molecular weight excluding hydrogens is 503 g/mol. The second-order valence-electron chi connectivity index (χ2n) is 7.93. The predicted octanol–water partition coefficient (Wildman–Crippen LogP) is 4.92. The second kappa shape index (κ2) is 10.7. The van der Waals surface area contributed by atoms with Crippen molar-refractivity contribution < 1.29 is 33.0 Å². The maximum atomic E-state index is 13.1. The summed E-state index contributed by atoms with van der Waals surface area (Å²) in [6.45, 7) is 1.53. The lowest BCUT2D eigenvalue weighted by Gasteiger charge is -2.20. The molecule has 12 heteroatoms. The van der Waals surface area contributed by atoms with Gasteiger partial charge in [0.05, 0.1) is 24.6 Å². The van der Waals surface area contributed by atoms with Crippen LogP contribution >= 0.6 is 11.6 Å². The number of nitrogens with zero attached hydrogens (tertiary/aromatic N) is 1. The standard InChI is InChI=1S/C24H21ClF3N3O5/c1-13-11-31(12-15-5-2-3-8-17(15)25)22(35)20(21(13)34)30-23(36)29-18(10-19(32)33)14-6-4-7-16(9-14)24(26,27)28/h2-9,11,18,34H,10,12H2,1H3,(H,32,33)(H2,29,30,36)/t18-/m0/s1. The first kappa shape index (κ1) is 26.6. The van der Waals surface area contributed by atoms with Crippen LogP contribution < -0.4 is 16.2 Å². The van der Waals surface area contributed by atoms with Crippen LogP contribution in [0.25, 0.3) is 0 Å². The minimum Gasteiger partial charge on any atom is -0.505 e. The van der Waals surface area contributed by atoms with Crippen LogP contribution in [0, 0.1) is 6.92 Å². The zero-order chi connectivity index (χ0) is 26.6. The van der Waals surface area contributed by atoms with E-state index < -0.39 is 53.2 Å². The Bertz CT molecular complexity index is 1360. The van der Waals surface area contributed by atoms with Crippen molar-refractivity contribution in [3.05, 3.63) is 92.4 Å². The molecule has 0 saturated carbocycles. The number of halogens is 4. The largest absolute Gasteiger partial charge is 0.505 e. The number of aliphatic carboxylic acids is 1. The maximum Gasteiger partial charge on any atom is 0.416 e. The van der Waals surface area contributed by atoms with E-state index in [9.17, 15) is 37.8 Å². The monoisotopic (exact) mass is 523 g/mol. The maximum absolute atomic E-state index is 13.1. The number of hydrogen-bond donors (Lipinski definition) is 4.